The fourth-order valence-electron chi connectivity index (χ4n) is 2.37. The number of aromatic nitrogens is 2. The Morgan fingerprint density at radius 3 is 2.55 bits per heavy atom. The number of sulfone groups is 1. The van der Waals surface area contributed by atoms with Gasteiger partial charge in [-0.1, -0.05) is 0 Å². The lowest BCUT2D eigenvalue weighted by Crippen LogP contribution is -2.34. The van der Waals surface area contributed by atoms with Crippen molar-refractivity contribution in [2.24, 2.45) is 0 Å². The zero-order valence-electron chi connectivity index (χ0n) is 11.7. The molecule has 1 aromatic rings. The predicted molar refractivity (Wildman–Crippen MR) is 74.7 cm³/mol. The van der Waals surface area contributed by atoms with Gasteiger partial charge in [0.2, 0.25) is 10.0 Å². The number of nitrogens with zero attached hydrogens (tertiary/aromatic N) is 2. The van der Waals surface area contributed by atoms with Crippen LogP contribution in [-0.4, -0.2) is 55.9 Å². The van der Waals surface area contributed by atoms with Crippen molar-refractivity contribution in [3.8, 4) is 0 Å². The molecule has 0 unspecified atom stereocenters. The summed E-state index contributed by atoms with van der Waals surface area (Å²) in [4.78, 5) is 0.159. The maximum Gasteiger partial charge on any atom is 0.216 e. The largest absolute Gasteiger partial charge is 0.281 e. The first kappa shape index (κ1) is 15.5. The van der Waals surface area contributed by atoms with Crippen LogP contribution in [0.4, 0.5) is 0 Å². The smallest absolute Gasteiger partial charge is 0.216 e. The fourth-order valence-corrected chi connectivity index (χ4v) is 4.57. The highest BCUT2D eigenvalue weighted by atomic mass is 32.2. The molecule has 0 radical (unpaired) electrons. The zero-order chi connectivity index (χ0) is 15.1. The zero-order valence-corrected chi connectivity index (χ0v) is 13.3. The average Bonchev–Trinajstić information content (AvgIpc) is 2.96. The Morgan fingerprint density at radius 1 is 1.35 bits per heavy atom. The molecule has 0 spiro atoms. The topological polar surface area (TPSA) is 100 Å². The number of H-pyrrole nitrogens is 1. The van der Waals surface area contributed by atoms with Gasteiger partial charge in [0.05, 0.1) is 17.1 Å². The van der Waals surface area contributed by atoms with Crippen LogP contribution in [0.5, 0.6) is 0 Å². The van der Waals surface area contributed by atoms with E-state index in [0.29, 0.717) is 25.2 Å². The summed E-state index contributed by atoms with van der Waals surface area (Å²) in [6, 6.07) is 0. The van der Waals surface area contributed by atoms with Crippen molar-refractivity contribution >= 4 is 19.9 Å². The molecule has 1 fully saturated rings. The molecule has 1 N–H and O–H groups in total. The highest BCUT2D eigenvalue weighted by Gasteiger charge is 2.36. The van der Waals surface area contributed by atoms with Crippen LogP contribution >= 0.6 is 0 Å². The second-order valence-electron chi connectivity index (χ2n) is 5.36. The number of nitrogens with one attached hydrogen (secondary N) is 1. The second-order valence-corrected chi connectivity index (χ2v) is 9.83. The molecule has 1 aliphatic heterocycles. The van der Waals surface area contributed by atoms with E-state index >= 15 is 0 Å². The van der Waals surface area contributed by atoms with Gasteiger partial charge in [0, 0.05) is 25.3 Å². The maximum atomic E-state index is 12.1. The van der Waals surface area contributed by atoms with E-state index in [1.54, 1.807) is 13.8 Å². The van der Waals surface area contributed by atoms with E-state index in [9.17, 15) is 16.8 Å². The number of sulfonamides is 1. The molecule has 0 amide bonds. The SMILES string of the molecule is CC(C)S(=O)(=O)N1CC[C@H](c2[nH]ncc2S(C)(=O)=O)C1. The lowest BCUT2D eigenvalue weighted by Gasteiger charge is -2.19. The van der Waals surface area contributed by atoms with E-state index in [4.69, 9.17) is 0 Å². The van der Waals surface area contributed by atoms with Crippen LogP contribution in [0.2, 0.25) is 0 Å². The molecule has 0 aliphatic carbocycles. The normalized spacial score (nSPS) is 21.7. The van der Waals surface area contributed by atoms with Crippen molar-refractivity contribution in [1.82, 2.24) is 14.5 Å². The molecule has 0 saturated carbocycles. The number of rotatable bonds is 4. The molecule has 2 heterocycles. The van der Waals surface area contributed by atoms with Gasteiger partial charge in [-0.3, -0.25) is 5.10 Å². The van der Waals surface area contributed by atoms with E-state index in [0.717, 1.165) is 6.26 Å². The number of aromatic amines is 1. The molecule has 1 atom stereocenters. The van der Waals surface area contributed by atoms with E-state index in [1.165, 1.54) is 10.5 Å². The van der Waals surface area contributed by atoms with Crippen LogP contribution in [0.15, 0.2) is 11.1 Å². The second kappa shape index (κ2) is 5.12. The van der Waals surface area contributed by atoms with Gasteiger partial charge in [0.15, 0.2) is 9.84 Å². The monoisotopic (exact) mass is 321 g/mol. The van der Waals surface area contributed by atoms with Gasteiger partial charge in [-0.25, -0.2) is 21.1 Å². The Labute approximate surface area is 119 Å². The molecule has 114 valence electrons. The van der Waals surface area contributed by atoms with Gasteiger partial charge < -0.3 is 0 Å². The third-order valence-electron chi connectivity index (χ3n) is 3.55. The minimum absolute atomic E-state index is 0.157. The van der Waals surface area contributed by atoms with Gasteiger partial charge in [0.1, 0.15) is 4.90 Å². The summed E-state index contributed by atoms with van der Waals surface area (Å²) in [6.07, 6.45) is 3.00. The van der Waals surface area contributed by atoms with Crippen LogP contribution in [0.25, 0.3) is 0 Å². The predicted octanol–water partition coefficient (Wildman–Crippen LogP) is 0.341. The van der Waals surface area contributed by atoms with Crippen LogP contribution in [0, 0.1) is 0 Å². The quantitative estimate of drug-likeness (QED) is 0.862. The third-order valence-corrected chi connectivity index (χ3v) is 6.91. The first-order chi connectivity index (χ1) is 9.14. The van der Waals surface area contributed by atoms with Crippen molar-refractivity contribution < 1.29 is 16.8 Å². The van der Waals surface area contributed by atoms with E-state index in [1.807, 2.05) is 0 Å². The van der Waals surface area contributed by atoms with Crippen molar-refractivity contribution in [2.75, 3.05) is 19.3 Å². The van der Waals surface area contributed by atoms with Crippen molar-refractivity contribution in [1.29, 1.82) is 0 Å². The molecule has 1 aromatic heterocycles. The first-order valence-corrected chi connectivity index (χ1v) is 9.75. The van der Waals surface area contributed by atoms with Gasteiger partial charge in [-0.05, 0) is 20.3 Å². The molecule has 2 rings (SSSR count). The summed E-state index contributed by atoms with van der Waals surface area (Å²) in [5.41, 5.74) is 0.508. The molecule has 1 aliphatic rings. The molecule has 0 aromatic carbocycles. The lowest BCUT2D eigenvalue weighted by atomic mass is 10.1. The van der Waals surface area contributed by atoms with Gasteiger partial charge >= 0.3 is 0 Å². The van der Waals surface area contributed by atoms with Crippen LogP contribution in [0.3, 0.4) is 0 Å². The number of hydrogen-bond acceptors (Lipinski definition) is 5. The van der Waals surface area contributed by atoms with Gasteiger partial charge in [-0.15, -0.1) is 0 Å². The summed E-state index contributed by atoms with van der Waals surface area (Å²) >= 11 is 0. The summed E-state index contributed by atoms with van der Waals surface area (Å²) in [5, 5.41) is 6.01. The summed E-state index contributed by atoms with van der Waals surface area (Å²) < 4.78 is 49.0. The van der Waals surface area contributed by atoms with Crippen LogP contribution in [0.1, 0.15) is 31.9 Å². The molecule has 20 heavy (non-hydrogen) atoms. The Balaban J connectivity index is 2.26. The minimum atomic E-state index is -3.36. The molecule has 9 heteroatoms. The van der Waals surface area contributed by atoms with Gasteiger partial charge in [0.25, 0.3) is 0 Å². The van der Waals surface area contributed by atoms with E-state index in [-0.39, 0.29) is 10.8 Å². The molecule has 7 nitrogen and oxygen atoms in total. The average molecular weight is 321 g/mol. The number of hydrogen-bond donors (Lipinski definition) is 1. The van der Waals surface area contributed by atoms with Crippen molar-refractivity contribution in [3.05, 3.63) is 11.9 Å². The van der Waals surface area contributed by atoms with E-state index in [2.05, 4.69) is 10.2 Å². The Morgan fingerprint density at radius 2 is 2.00 bits per heavy atom. The molecular formula is C11H19N3O4S2. The van der Waals surface area contributed by atoms with Crippen LogP contribution in [-0.2, 0) is 19.9 Å². The highest BCUT2D eigenvalue weighted by molar-refractivity contribution is 7.90. The Bertz CT molecular complexity index is 691. The summed E-state index contributed by atoms with van der Waals surface area (Å²) in [6.45, 7) is 3.99. The van der Waals surface area contributed by atoms with Crippen LogP contribution < -0.4 is 0 Å². The maximum absolute atomic E-state index is 12.1. The molecular weight excluding hydrogens is 302 g/mol. The van der Waals surface area contributed by atoms with Gasteiger partial charge in [-0.2, -0.15) is 5.10 Å². The standard InChI is InChI=1S/C11H19N3O4S2/c1-8(2)20(17,18)14-5-4-9(7-14)11-10(6-12-13-11)19(3,15)16/h6,8-9H,4-5,7H2,1-3H3,(H,12,13)/t9-/m0/s1. The Kier molecular flexibility index (Phi) is 3.96. The minimum Gasteiger partial charge on any atom is -0.281 e. The third kappa shape index (κ3) is 2.75. The summed E-state index contributed by atoms with van der Waals surface area (Å²) in [5.74, 6) is -0.157. The Hall–Kier alpha value is -0.930. The van der Waals surface area contributed by atoms with Crippen molar-refractivity contribution in [3.63, 3.8) is 0 Å². The first-order valence-electron chi connectivity index (χ1n) is 6.36. The lowest BCUT2D eigenvalue weighted by molar-refractivity contribution is 0.464. The molecule has 1 saturated heterocycles. The fraction of sp³-hybridized carbons (Fsp3) is 0.727. The summed E-state index contributed by atoms with van der Waals surface area (Å²) in [7, 11) is -6.66. The molecule has 0 bridgehead atoms. The van der Waals surface area contributed by atoms with E-state index < -0.39 is 25.1 Å². The highest BCUT2D eigenvalue weighted by Crippen LogP contribution is 2.32. The van der Waals surface area contributed by atoms with Crippen molar-refractivity contribution in [2.45, 2.75) is 36.3 Å².